The number of aliphatic hydroxyl groups excluding tert-OH is 1. The van der Waals surface area contributed by atoms with Gasteiger partial charge in [-0.3, -0.25) is 0 Å². The van der Waals surface area contributed by atoms with E-state index in [9.17, 15) is 8.42 Å². The summed E-state index contributed by atoms with van der Waals surface area (Å²) in [6, 6.07) is -0.239. The van der Waals surface area contributed by atoms with E-state index in [1.807, 2.05) is 0 Å². The fourth-order valence-corrected chi connectivity index (χ4v) is 3.79. The Bertz CT molecular complexity index is 268. The van der Waals surface area contributed by atoms with Gasteiger partial charge in [0.1, 0.15) is 0 Å². The van der Waals surface area contributed by atoms with Gasteiger partial charge in [-0.1, -0.05) is 6.42 Å². The fraction of sp³-hybridized carbons (Fsp3) is 1.00. The highest BCUT2D eigenvalue weighted by Gasteiger charge is 2.30. The molecule has 1 N–H and O–H groups in total. The molecule has 0 spiro atoms. The molecule has 84 valence electrons. The first-order valence-electron chi connectivity index (χ1n) is 4.78. The maximum atomic E-state index is 11.7. The van der Waals surface area contributed by atoms with Crippen molar-refractivity contribution in [3.63, 3.8) is 0 Å². The van der Waals surface area contributed by atoms with E-state index in [0.29, 0.717) is 6.54 Å². The number of nitrogens with zero attached hydrogens (tertiary/aromatic N) is 1. The number of piperidine rings is 1. The lowest BCUT2D eigenvalue weighted by molar-refractivity contribution is 0.155. The number of sulfonamides is 1. The van der Waals surface area contributed by atoms with E-state index in [1.165, 1.54) is 4.31 Å². The third-order valence-electron chi connectivity index (χ3n) is 2.48. The first-order valence-corrected chi connectivity index (χ1v) is 6.92. The Morgan fingerprint density at radius 2 is 2.14 bits per heavy atom. The average molecular weight is 242 g/mol. The normalized spacial score (nSPS) is 25.1. The molecule has 1 atom stereocenters. The molecule has 6 heteroatoms. The van der Waals surface area contributed by atoms with Crippen molar-refractivity contribution in [3.8, 4) is 0 Å². The molecule has 0 aromatic heterocycles. The van der Waals surface area contributed by atoms with Crippen LogP contribution in [0.1, 0.15) is 19.3 Å². The highest BCUT2D eigenvalue weighted by molar-refractivity contribution is 7.89. The predicted molar refractivity (Wildman–Crippen MR) is 55.9 cm³/mol. The summed E-state index contributed by atoms with van der Waals surface area (Å²) in [4.78, 5) is 0. The maximum Gasteiger partial charge on any atom is 0.215 e. The Labute approximate surface area is 89.9 Å². The van der Waals surface area contributed by atoms with Crippen LogP contribution in [0, 0.1) is 0 Å². The van der Waals surface area contributed by atoms with E-state index in [2.05, 4.69) is 0 Å². The van der Waals surface area contributed by atoms with Gasteiger partial charge in [0.05, 0.1) is 12.4 Å². The smallest absolute Gasteiger partial charge is 0.215 e. The lowest BCUT2D eigenvalue weighted by atomic mass is 10.1. The Morgan fingerprint density at radius 1 is 1.43 bits per heavy atom. The average Bonchev–Trinajstić information content (AvgIpc) is 2.18. The van der Waals surface area contributed by atoms with E-state index in [-0.39, 0.29) is 24.3 Å². The molecular formula is C8H16ClNO3S. The van der Waals surface area contributed by atoms with Gasteiger partial charge in [0.25, 0.3) is 0 Å². The van der Waals surface area contributed by atoms with Gasteiger partial charge < -0.3 is 5.11 Å². The van der Waals surface area contributed by atoms with E-state index in [4.69, 9.17) is 16.7 Å². The van der Waals surface area contributed by atoms with Gasteiger partial charge in [-0.15, -0.1) is 11.6 Å². The Morgan fingerprint density at radius 3 is 2.71 bits per heavy atom. The molecule has 1 aliphatic heterocycles. The minimum Gasteiger partial charge on any atom is -0.395 e. The Balaban J connectivity index is 2.72. The Hall–Kier alpha value is 0.160. The minimum atomic E-state index is -3.25. The van der Waals surface area contributed by atoms with Crippen LogP contribution in [-0.2, 0) is 10.0 Å². The van der Waals surface area contributed by atoms with Gasteiger partial charge >= 0.3 is 0 Å². The van der Waals surface area contributed by atoms with Crippen LogP contribution in [-0.4, -0.2) is 48.7 Å². The summed E-state index contributed by atoms with van der Waals surface area (Å²) in [5.41, 5.74) is 0. The number of halogens is 1. The van der Waals surface area contributed by atoms with Gasteiger partial charge in [0, 0.05) is 18.5 Å². The van der Waals surface area contributed by atoms with Gasteiger partial charge in [-0.2, -0.15) is 4.31 Å². The summed E-state index contributed by atoms with van der Waals surface area (Å²) >= 11 is 5.43. The van der Waals surface area contributed by atoms with Gasteiger partial charge in [0.2, 0.25) is 10.0 Å². The van der Waals surface area contributed by atoms with Crippen molar-refractivity contribution >= 4 is 21.6 Å². The molecule has 1 rings (SSSR count). The van der Waals surface area contributed by atoms with Crippen molar-refractivity contribution in [2.75, 3.05) is 24.8 Å². The van der Waals surface area contributed by atoms with Crippen molar-refractivity contribution in [1.82, 2.24) is 4.31 Å². The predicted octanol–water partition coefficient (Wildman–Crippen LogP) is 0.402. The standard InChI is InChI=1S/C8H16ClNO3S/c9-4-6-14(12,13)10-5-2-1-3-8(10)7-11/h8,11H,1-7H2. The molecule has 1 fully saturated rings. The van der Waals surface area contributed by atoms with E-state index in [1.54, 1.807) is 0 Å². The number of hydrogen-bond acceptors (Lipinski definition) is 3. The molecule has 0 aromatic carbocycles. The molecule has 4 nitrogen and oxygen atoms in total. The van der Waals surface area contributed by atoms with Crippen LogP contribution >= 0.6 is 11.6 Å². The van der Waals surface area contributed by atoms with Crippen molar-refractivity contribution < 1.29 is 13.5 Å². The van der Waals surface area contributed by atoms with E-state index in [0.717, 1.165) is 19.3 Å². The second kappa shape index (κ2) is 5.30. The van der Waals surface area contributed by atoms with Crippen molar-refractivity contribution in [2.24, 2.45) is 0 Å². The van der Waals surface area contributed by atoms with Gasteiger partial charge in [-0.05, 0) is 12.8 Å². The SMILES string of the molecule is O=S(=O)(CCCl)N1CCCCC1CO. The van der Waals surface area contributed by atoms with E-state index >= 15 is 0 Å². The summed E-state index contributed by atoms with van der Waals surface area (Å²) < 4.78 is 24.8. The summed E-state index contributed by atoms with van der Waals surface area (Å²) in [6.07, 6.45) is 2.61. The molecular weight excluding hydrogens is 226 g/mol. The summed E-state index contributed by atoms with van der Waals surface area (Å²) in [5, 5.41) is 9.05. The van der Waals surface area contributed by atoms with Crippen LogP contribution in [0.4, 0.5) is 0 Å². The third kappa shape index (κ3) is 2.82. The van der Waals surface area contributed by atoms with Crippen molar-refractivity contribution in [3.05, 3.63) is 0 Å². The van der Waals surface area contributed by atoms with Crippen molar-refractivity contribution in [2.45, 2.75) is 25.3 Å². The number of rotatable bonds is 4. The molecule has 0 radical (unpaired) electrons. The van der Waals surface area contributed by atoms with Crippen LogP contribution in [0.2, 0.25) is 0 Å². The van der Waals surface area contributed by atoms with Crippen LogP contribution in [0.15, 0.2) is 0 Å². The first kappa shape index (κ1) is 12.2. The summed E-state index contributed by atoms with van der Waals surface area (Å²) in [5.74, 6) is 0.0715. The highest BCUT2D eigenvalue weighted by atomic mass is 35.5. The second-order valence-electron chi connectivity index (χ2n) is 3.45. The van der Waals surface area contributed by atoms with Crippen LogP contribution in [0.5, 0.6) is 0 Å². The van der Waals surface area contributed by atoms with Crippen LogP contribution in [0.3, 0.4) is 0 Å². The van der Waals surface area contributed by atoms with Gasteiger partial charge in [0.15, 0.2) is 0 Å². The molecule has 0 saturated carbocycles. The summed E-state index contributed by atoms with van der Waals surface area (Å²) in [7, 11) is -3.25. The third-order valence-corrected chi connectivity index (χ3v) is 4.80. The topological polar surface area (TPSA) is 57.6 Å². The van der Waals surface area contributed by atoms with E-state index < -0.39 is 10.0 Å². The van der Waals surface area contributed by atoms with Crippen LogP contribution in [0.25, 0.3) is 0 Å². The number of hydrogen-bond donors (Lipinski definition) is 1. The largest absolute Gasteiger partial charge is 0.395 e. The zero-order valence-electron chi connectivity index (χ0n) is 8.02. The molecule has 0 amide bonds. The van der Waals surface area contributed by atoms with Crippen molar-refractivity contribution in [1.29, 1.82) is 0 Å². The summed E-state index contributed by atoms with van der Waals surface area (Å²) in [6.45, 7) is 0.423. The zero-order valence-corrected chi connectivity index (χ0v) is 9.60. The maximum absolute atomic E-state index is 11.7. The van der Waals surface area contributed by atoms with Crippen LogP contribution < -0.4 is 0 Å². The first-order chi connectivity index (χ1) is 6.61. The quantitative estimate of drug-likeness (QED) is 0.725. The minimum absolute atomic E-state index is 0.0367. The molecule has 1 unspecified atom stereocenters. The molecule has 1 saturated heterocycles. The molecule has 1 aliphatic rings. The fourth-order valence-electron chi connectivity index (χ4n) is 1.74. The zero-order chi connectivity index (χ0) is 10.6. The molecule has 0 aliphatic carbocycles. The second-order valence-corrected chi connectivity index (χ2v) is 5.87. The lowest BCUT2D eigenvalue weighted by Crippen LogP contribution is -2.46. The lowest BCUT2D eigenvalue weighted by Gasteiger charge is -2.33. The molecule has 0 bridgehead atoms. The molecule has 0 aromatic rings. The van der Waals surface area contributed by atoms with Gasteiger partial charge in [-0.25, -0.2) is 8.42 Å². The molecule has 1 heterocycles. The number of alkyl halides is 1. The molecule has 14 heavy (non-hydrogen) atoms. The number of aliphatic hydroxyl groups is 1. The monoisotopic (exact) mass is 241 g/mol. The Kier molecular flexibility index (Phi) is 4.63. The highest BCUT2D eigenvalue weighted by Crippen LogP contribution is 2.20.